The lowest BCUT2D eigenvalue weighted by Crippen LogP contribution is -2.16. The van der Waals surface area contributed by atoms with E-state index in [-0.39, 0.29) is 4.90 Å². The highest BCUT2D eigenvalue weighted by atomic mass is 16.3. The second-order valence-electron chi connectivity index (χ2n) is 13.0. The highest BCUT2D eigenvalue weighted by Crippen LogP contribution is 2.53. The van der Waals surface area contributed by atoms with Crippen molar-refractivity contribution in [2.75, 3.05) is 4.90 Å². The number of hydrogen-bond acceptors (Lipinski definition) is 3. The maximum absolute atomic E-state index is 10.4. The summed E-state index contributed by atoms with van der Waals surface area (Å²) in [6.45, 7) is -8.29. The van der Waals surface area contributed by atoms with Crippen LogP contribution < -0.4 is 4.90 Å². The fourth-order valence-electron chi connectivity index (χ4n) is 7.18. The number of nitrogens with zero attached hydrogens (tertiary/aromatic N) is 1. The van der Waals surface area contributed by atoms with Crippen LogP contribution in [-0.4, -0.2) is 0 Å². The molecule has 0 atom stereocenters. The molecule has 0 unspecified atom stereocenters. The number of anilines is 3. The SMILES string of the molecule is [2H]c1c([2H])c([2H])c(-c2c([2H])c([2H])c(N(c3c([2H])c([2H])c4c(c3[2H])C(C([2H])([2H])[2H])(C([2H])([2H])[2H])c3c([2H])c([2H])c([2H])c([2H])c3-4)c3c([2H])c([2H])c(-c4c([2H])c([2H])c([2H])c([2H])c4-c4c([2H])c([2H])c([2H])c5oc6c([2H])c([2H])c([2H])c([2H])c6c45)c4oc5c([2H])c([2H])c([2H])c([2H])c5c34)c([2H])c2[2H])c([2H])c1[2H]. The van der Waals surface area contributed by atoms with Crippen LogP contribution in [0.1, 0.15) is 78.3 Å². The van der Waals surface area contributed by atoms with E-state index in [1.165, 1.54) is 0 Å². The van der Waals surface area contributed by atoms with E-state index in [0.29, 0.717) is 0 Å². The third-order valence-corrected chi connectivity index (χ3v) is 9.76. The molecule has 2 aromatic heterocycles. The maximum atomic E-state index is 10.4. The molecule has 0 bridgehead atoms. The minimum Gasteiger partial charge on any atom is -0.456 e. The Morgan fingerprint density at radius 3 is 1.77 bits per heavy atom. The Morgan fingerprint density at radius 1 is 0.417 bits per heavy atom. The van der Waals surface area contributed by atoms with E-state index < -0.39 is 335 Å². The van der Waals surface area contributed by atoms with Gasteiger partial charge in [0.05, 0.1) is 56.3 Å². The molecule has 0 amide bonds. The average Bonchev–Trinajstić information content (AvgIpc) is 1.52. The quantitative estimate of drug-likeness (QED) is 0.168. The summed E-state index contributed by atoms with van der Waals surface area (Å²) in [5.41, 5.74) is -22.7. The van der Waals surface area contributed by atoms with Gasteiger partial charge in [0.15, 0.2) is 0 Å². The van der Waals surface area contributed by atoms with Gasteiger partial charge in [0, 0.05) is 46.7 Å². The molecule has 0 aliphatic heterocycles. The predicted octanol–water partition coefficient (Wildman–Crippen LogP) is 16.3. The Hall–Kier alpha value is -7.62. The minimum absolute atomic E-state index is 0.164. The molecule has 0 N–H and O–H groups in total. The monoisotopic (exact) mass is 809 g/mol. The molecule has 12 rings (SSSR count). The van der Waals surface area contributed by atoms with Crippen molar-refractivity contribution >= 4 is 60.9 Å². The van der Waals surface area contributed by atoms with E-state index in [1.54, 1.807) is 0 Å². The fourth-order valence-corrected chi connectivity index (χ4v) is 7.18. The smallest absolute Gasteiger partial charge is 0.145 e. The highest BCUT2D eigenvalue weighted by molar-refractivity contribution is 6.19. The second-order valence-corrected chi connectivity index (χ2v) is 13.0. The van der Waals surface area contributed by atoms with Gasteiger partial charge < -0.3 is 13.7 Å². The van der Waals surface area contributed by atoms with Crippen molar-refractivity contribution in [3.63, 3.8) is 0 Å². The zero-order chi connectivity index (χ0) is 73.7. The number of fused-ring (bicyclic) bond motifs is 9. The summed E-state index contributed by atoms with van der Waals surface area (Å²) in [5, 5.41) is -3.35. The Kier molecular flexibility index (Phi) is 2.90. The molecular formula is C57H39NO2. The van der Waals surface area contributed by atoms with Crippen LogP contribution in [0.5, 0.6) is 0 Å². The summed E-state index contributed by atoms with van der Waals surface area (Å²) in [7, 11) is 0. The van der Waals surface area contributed by atoms with Crippen LogP contribution in [0.3, 0.4) is 0 Å². The summed E-state index contributed by atoms with van der Waals surface area (Å²) in [6.07, 6.45) is 0. The van der Waals surface area contributed by atoms with Gasteiger partial charge in [-0.25, -0.2) is 0 Å². The summed E-state index contributed by atoms with van der Waals surface area (Å²) < 4.78 is 372. The molecule has 0 saturated heterocycles. The van der Waals surface area contributed by atoms with Crippen molar-refractivity contribution < 1.29 is 62.3 Å². The van der Waals surface area contributed by atoms with Gasteiger partial charge >= 0.3 is 0 Å². The van der Waals surface area contributed by atoms with Crippen LogP contribution in [0.25, 0.3) is 88.4 Å². The summed E-state index contributed by atoms with van der Waals surface area (Å²) in [4.78, 5) is 0.164. The van der Waals surface area contributed by atoms with Crippen LogP contribution in [0.15, 0.2) is 208 Å². The van der Waals surface area contributed by atoms with Gasteiger partial charge in [-0.3, -0.25) is 0 Å². The first kappa shape index (κ1) is 13.2. The molecule has 284 valence electrons. The third-order valence-electron chi connectivity index (χ3n) is 9.76. The predicted molar refractivity (Wildman–Crippen MR) is 250 cm³/mol. The summed E-state index contributed by atoms with van der Waals surface area (Å²) in [6, 6.07) is -39.6. The van der Waals surface area contributed by atoms with Crippen LogP contribution in [0.4, 0.5) is 17.1 Å². The van der Waals surface area contributed by atoms with Crippen molar-refractivity contribution in [2.45, 2.75) is 19.1 Å². The fraction of sp³-hybridized carbons (Fsp3) is 0.0526. The standard InChI is InChI=1S/C57H39NO2/c1-57(2)48-23-11-8-19-42(48)43-32-31-39(35-49(43)57)58(38-29-27-37(28-30-38)36-15-4-3-5-16-36)50-34-33-45(56-55(50)47-21-10-13-25-52(47)60-56)41-18-7-6-17-40(41)44-22-14-26-53-54(44)46-20-9-12-24-51(46)59-53/h3-35H,1-2H3/i1D3,2D3,3D,4D,5D,6D,7D,8D,9D,10D,11D,12D,13D,14D,15D,16D,17D,18D,19D,20D,21D,22D,23D,24D,25D,26D,27D,28D,29D,30D,31D,32D,33D,34D,35D. The van der Waals surface area contributed by atoms with Crippen molar-refractivity contribution in [1.29, 1.82) is 0 Å². The van der Waals surface area contributed by atoms with Crippen LogP contribution in [0.2, 0.25) is 0 Å². The van der Waals surface area contributed by atoms with Gasteiger partial charge in [0.1, 0.15) is 22.3 Å². The topological polar surface area (TPSA) is 29.5 Å². The van der Waals surface area contributed by atoms with Crippen molar-refractivity contribution in [2.24, 2.45) is 0 Å². The van der Waals surface area contributed by atoms with E-state index in [4.69, 9.17) is 43.1 Å². The lowest BCUT2D eigenvalue weighted by atomic mass is 9.82. The molecule has 0 fully saturated rings. The normalized spacial score (nSPS) is 22.6. The zero-order valence-corrected chi connectivity index (χ0v) is 29.8. The van der Waals surface area contributed by atoms with Crippen LogP contribution in [-0.2, 0) is 5.41 Å². The average molecular weight is 809 g/mol. The molecule has 0 saturated carbocycles. The first-order valence-electron chi connectivity index (χ1n) is 37.0. The molecule has 3 nitrogen and oxygen atoms in total. The molecule has 1 aliphatic rings. The number of para-hydroxylation sites is 2. The van der Waals surface area contributed by atoms with Crippen LogP contribution in [0, 0.1) is 0 Å². The first-order chi connectivity index (χ1) is 45.8. The second kappa shape index (κ2) is 13.2. The van der Waals surface area contributed by atoms with E-state index in [2.05, 4.69) is 0 Å². The molecule has 2 heterocycles. The van der Waals surface area contributed by atoms with Crippen molar-refractivity contribution in [1.82, 2.24) is 0 Å². The zero-order valence-electron chi connectivity index (χ0n) is 68.8. The molecule has 0 radical (unpaired) electrons. The van der Waals surface area contributed by atoms with E-state index in [9.17, 15) is 19.2 Å². The minimum atomic E-state index is -4.14. The molecule has 1 aliphatic carbocycles. The largest absolute Gasteiger partial charge is 0.456 e. The Labute approximate surface area is 403 Å². The molecule has 9 aromatic carbocycles. The number of benzene rings is 9. The van der Waals surface area contributed by atoms with Crippen molar-refractivity contribution in [3.05, 3.63) is 211 Å². The van der Waals surface area contributed by atoms with E-state index >= 15 is 0 Å². The summed E-state index contributed by atoms with van der Waals surface area (Å²) in [5.74, 6) is 0. The Morgan fingerprint density at radius 2 is 0.983 bits per heavy atom. The Balaban J connectivity index is 1.38. The third kappa shape index (κ3) is 5.15. The number of hydrogen-bond donors (Lipinski definition) is 0. The van der Waals surface area contributed by atoms with Gasteiger partial charge in [-0.2, -0.15) is 0 Å². The number of rotatable bonds is 6. The molecule has 0 spiro atoms. The van der Waals surface area contributed by atoms with Gasteiger partial charge in [0.25, 0.3) is 0 Å². The number of furan rings is 2. The van der Waals surface area contributed by atoms with Gasteiger partial charge in [-0.15, -0.1) is 0 Å². The molecule has 60 heavy (non-hydrogen) atoms. The van der Waals surface area contributed by atoms with Gasteiger partial charge in [0.2, 0.25) is 0 Å². The van der Waals surface area contributed by atoms with Crippen LogP contribution >= 0.6 is 0 Å². The lowest BCUT2D eigenvalue weighted by Gasteiger charge is -2.29. The van der Waals surface area contributed by atoms with Gasteiger partial charge in [-0.1, -0.05) is 159 Å². The lowest BCUT2D eigenvalue weighted by molar-refractivity contribution is 0.660. The first-order valence-corrected chi connectivity index (χ1v) is 17.5. The van der Waals surface area contributed by atoms with E-state index in [0.717, 1.165) is 0 Å². The molecular weight excluding hydrogens is 731 g/mol. The van der Waals surface area contributed by atoms with Crippen molar-refractivity contribution in [3.8, 4) is 44.5 Å². The molecule has 3 heteroatoms. The van der Waals surface area contributed by atoms with Gasteiger partial charge in [-0.05, 0) is 104 Å². The van der Waals surface area contributed by atoms with E-state index in [1.807, 2.05) is 0 Å². The molecule has 11 aromatic rings. The highest BCUT2D eigenvalue weighted by Gasteiger charge is 2.36. The maximum Gasteiger partial charge on any atom is 0.145 e. The Bertz CT molecular complexity index is 5570. The summed E-state index contributed by atoms with van der Waals surface area (Å²) >= 11 is 0.